The number of hydrogen-bond donors (Lipinski definition) is 2. The highest BCUT2D eigenvalue weighted by Crippen LogP contribution is 2.28. The first kappa shape index (κ1) is 11.0. The molecule has 0 amide bonds. The maximum Gasteiger partial charge on any atom is 0.0166 e. The molecule has 0 aromatic carbocycles. The SMILES string of the molecule is CNCC1CCCCCCC1(C)N. The van der Waals surface area contributed by atoms with Crippen molar-refractivity contribution >= 4 is 0 Å². The molecule has 1 rings (SSSR count). The van der Waals surface area contributed by atoms with Crippen molar-refractivity contribution in [1.82, 2.24) is 5.32 Å². The molecule has 2 atom stereocenters. The largest absolute Gasteiger partial charge is 0.325 e. The molecular formula is C11H24N2. The van der Waals surface area contributed by atoms with Gasteiger partial charge in [-0.15, -0.1) is 0 Å². The van der Waals surface area contributed by atoms with Gasteiger partial charge in [0.1, 0.15) is 0 Å². The van der Waals surface area contributed by atoms with E-state index in [1.807, 2.05) is 7.05 Å². The predicted octanol–water partition coefficient (Wildman–Crippen LogP) is 1.89. The smallest absolute Gasteiger partial charge is 0.0166 e. The minimum Gasteiger partial charge on any atom is -0.325 e. The molecule has 0 bridgehead atoms. The average molecular weight is 184 g/mol. The maximum absolute atomic E-state index is 6.34. The van der Waals surface area contributed by atoms with Gasteiger partial charge in [-0.2, -0.15) is 0 Å². The van der Waals surface area contributed by atoms with Gasteiger partial charge >= 0.3 is 0 Å². The Morgan fingerprint density at radius 2 is 2.00 bits per heavy atom. The number of nitrogens with two attached hydrogens (primary N) is 1. The van der Waals surface area contributed by atoms with Gasteiger partial charge in [0.15, 0.2) is 0 Å². The molecule has 3 N–H and O–H groups in total. The first-order valence-electron chi connectivity index (χ1n) is 5.60. The Kier molecular flexibility index (Phi) is 4.20. The summed E-state index contributed by atoms with van der Waals surface area (Å²) in [5, 5.41) is 3.26. The molecule has 0 saturated heterocycles. The Morgan fingerprint density at radius 3 is 2.69 bits per heavy atom. The molecule has 1 aliphatic rings. The highest BCUT2D eigenvalue weighted by atomic mass is 14.9. The zero-order chi connectivity index (χ0) is 9.73. The molecule has 78 valence electrons. The van der Waals surface area contributed by atoms with Gasteiger partial charge in [-0.1, -0.05) is 25.7 Å². The zero-order valence-corrected chi connectivity index (χ0v) is 9.10. The highest BCUT2D eigenvalue weighted by Gasteiger charge is 2.29. The zero-order valence-electron chi connectivity index (χ0n) is 9.10. The molecule has 13 heavy (non-hydrogen) atoms. The van der Waals surface area contributed by atoms with Crippen LogP contribution in [0.4, 0.5) is 0 Å². The lowest BCUT2D eigenvalue weighted by atomic mass is 9.77. The predicted molar refractivity (Wildman–Crippen MR) is 57.7 cm³/mol. The van der Waals surface area contributed by atoms with Crippen LogP contribution in [0.1, 0.15) is 45.4 Å². The van der Waals surface area contributed by atoms with Gasteiger partial charge in [0.2, 0.25) is 0 Å². The van der Waals surface area contributed by atoms with Gasteiger partial charge in [-0.25, -0.2) is 0 Å². The van der Waals surface area contributed by atoms with Crippen LogP contribution in [0.3, 0.4) is 0 Å². The third kappa shape index (κ3) is 3.28. The van der Waals surface area contributed by atoms with Crippen molar-refractivity contribution in [3.63, 3.8) is 0 Å². The summed E-state index contributed by atoms with van der Waals surface area (Å²) in [6.45, 7) is 3.30. The molecule has 1 aliphatic carbocycles. The second kappa shape index (κ2) is 4.97. The van der Waals surface area contributed by atoms with E-state index in [0.717, 1.165) is 6.54 Å². The van der Waals surface area contributed by atoms with E-state index in [1.54, 1.807) is 0 Å². The Morgan fingerprint density at radius 1 is 1.31 bits per heavy atom. The molecule has 2 heteroatoms. The van der Waals surface area contributed by atoms with E-state index in [1.165, 1.54) is 38.5 Å². The molecule has 2 unspecified atom stereocenters. The van der Waals surface area contributed by atoms with Crippen LogP contribution in [-0.2, 0) is 0 Å². The summed E-state index contributed by atoms with van der Waals surface area (Å²) < 4.78 is 0. The fraction of sp³-hybridized carbons (Fsp3) is 1.00. The Hall–Kier alpha value is -0.0800. The minimum absolute atomic E-state index is 0.0590. The molecule has 2 nitrogen and oxygen atoms in total. The van der Waals surface area contributed by atoms with Crippen molar-refractivity contribution in [3.05, 3.63) is 0 Å². The summed E-state index contributed by atoms with van der Waals surface area (Å²) in [6, 6.07) is 0. The molecular weight excluding hydrogens is 160 g/mol. The van der Waals surface area contributed by atoms with Crippen LogP contribution in [0.5, 0.6) is 0 Å². The van der Waals surface area contributed by atoms with E-state index < -0.39 is 0 Å². The topological polar surface area (TPSA) is 38.0 Å². The summed E-state index contributed by atoms with van der Waals surface area (Å²) >= 11 is 0. The second-order valence-corrected chi connectivity index (χ2v) is 4.71. The van der Waals surface area contributed by atoms with Crippen molar-refractivity contribution in [2.75, 3.05) is 13.6 Å². The molecule has 1 saturated carbocycles. The molecule has 1 fully saturated rings. The van der Waals surface area contributed by atoms with Crippen molar-refractivity contribution in [1.29, 1.82) is 0 Å². The van der Waals surface area contributed by atoms with E-state index in [0.29, 0.717) is 5.92 Å². The Labute approximate surface area is 82.3 Å². The normalized spacial score (nSPS) is 36.7. The van der Waals surface area contributed by atoms with E-state index >= 15 is 0 Å². The first-order chi connectivity index (χ1) is 6.17. The lowest BCUT2D eigenvalue weighted by Gasteiger charge is -2.36. The van der Waals surface area contributed by atoms with E-state index in [4.69, 9.17) is 5.73 Å². The quantitative estimate of drug-likeness (QED) is 0.688. The molecule has 0 aromatic heterocycles. The van der Waals surface area contributed by atoms with Gasteiger partial charge in [-0.05, 0) is 39.3 Å². The standard InChI is InChI=1S/C11H24N2/c1-11(12)8-6-4-3-5-7-10(11)9-13-2/h10,13H,3-9,12H2,1-2H3. The van der Waals surface area contributed by atoms with Crippen molar-refractivity contribution in [2.24, 2.45) is 11.7 Å². The fourth-order valence-corrected chi connectivity index (χ4v) is 2.37. The second-order valence-electron chi connectivity index (χ2n) is 4.71. The Bertz CT molecular complexity index is 143. The summed E-state index contributed by atoms with van der Waals surface area (Å²) in [5.74, 6) is 0.665. The number of hydrogen-bond acceptors (Lipinski definition) is 2. The summed E-state index contributed by atoms with van der Waals surface area (Å²) in [6.07, 6.45) is 7.94. The van der Waals surface area contributed by atoms with E-state index in [-0.39, 0.29) is 5.54 Å². The van der Waals surface area contributed by atoms with Gasteiger partial charge in [-0.3, -0.25) is 0 Å². The van der Waals surface area contributed by atoms with Crippen LogP contribution in [-0.4, -0.2) is 19.1 Å². The van der Waals surface area contributed by atoms with E-state index in [2.05, 4.69) is 12.2 Å². The summed E-state index contributed by atoms with van der Waals surface area (Å²) in [7, 11) is 2.02. The van der Waals surface area contributed by atoms with Gasteiger partial charge in [0.25, 0.3) is 0 Å². The van der Waals surface area contributed by atoms with Gasteiger partial charge in [0.05, 0.1) is 0 Å². The molecule has 0 heterocycles. The summed E-state index contributed by atoms with van der Waals surface area (Å²) in [5.41, 5.74) is 6.40. The van der Waals surface area contributed by atoms with Crippen LogP contribution in [0.25, 0.3) is 0 Å². The van der Waals surface area contributed by atoms with Crippen molar-refractivity contribution in [3.8, 4) is 0 Å². The first-order valence-corrected chi connectivity index (χ1v) is 5.60. The number of nitrogens with one attached hydrogen (secondary N) is 1. The van der Waals surface area contributed by atoms with Crippen LogP contribution >= 0.6 is 0 Å². The maximum atomic E-state index is 6.34. The lowest BCUT2D eigenvalue weighted by Crippen LogP contribution is -2.48. The lowest BCUT2D eigenvalue weighted by molar-refractivity contribution is 0.228. The number of rotatable bonds is 2. The van der Waals surface area contributed by atoms with Gasteiger partial charge < -0.3 is 11.1 Å². The molecule has 0 aliphatic heterocycles. The van der Waals surface area contributed by atoms with Gasteiger partial charge in [0, 0.05) is 5.54 Å². The monoisotopic (exact) mass is 184 g/mol. The van der Waals surface area contributed by atoms with Crippen LogP contribution in [0.15, 0.2) is 0 Å². The molecule has 0 radical (unpaired) electrons. The third-order valence-corrected chi connectivity index (χ3v) is 3.40. The average Bonchev–Trinajstić information content (AvgIpc) is 2.06. The summed E-state index contributed by atoms with van der Waals surface area (Å²) in [4.78, 5) is 0. The van der Waals surface area contributed by atoms with E-state index in [9.17, 15) is 0 Å². The molecule has 0 aromatic rings. The van der Waals surface area contributed by atoms with Crippen LogP contribution in [0, 0.1) is 5.92 Å². The molecule has 0 spiro atoms. The Balaban J connectivity index is 2.51. The van der Waals surface area contributed by atoms with Crippen LogP contribution in [0.2, 0.25) is 0 Å². The van der Waals surface area contributed by atoms with Crippen LogP contribution < -0.4 is 11.1 Å². The fourth-order valence-electron chi connectivity index (χ4n) is 2.37. The van der Waals surface area contributed by atoms with Crippen molar-refractivity contribution < 1.29 is 0 Å². The highest BCUT2D eigenvalue weighted by molar-refractivity contribution is 4.88. The minimum atomic E-state index is 0.0590. The third-order valence-electron chi connectivity index (χ3n) is 3.40. The van der Waals surface area contributed by atoms with Crippen molar-refractivity contribution in [2.45, 2.75) is 51.0 Å².